The molecule has 0 amide bonds. The fourth-order valence-electron chi connectivity index (χ4n) is 1.74. The molecule has 0 spiro atoms. The summed E-state index contributed by atoms with van der Waals surface area (Å²) >= 11 is 11.1. The third-order valence-electron chi connectivity index (χ3n) is 2.71. The van der Waals surface area contributed by atoms with Gasteiger partial charge in [0.05, 0.1) is 8.81 Å². The van der Waals surface area contributed by atoms with Crippen LogP contribution in [0.3, 0.4) is 0 Å². The van der Waals surface area contributed by atoms with Gasteiger partial charge in [-0.2, -0.15) is 0 Å². The Hall–Kier alpha value is -0.420. The summed E-state index contributed by atoms with van der Waals surface area (Å²) in [5, 5.41) is 3.99. The Kier molecular flexibility index (Phi) is 4.78. The highest BCUT2D eigenvalue weighted by atomic mass is 79.9. The maximum Gasteiger partial charge on any atom is 0.123 e. The molecule has 1 atom stereocenters. The minimum absolute atomic E-state index is 0.185. The maximum absolute atomic E-state index is 12.8. The van der Waals surface area contributed by atoms with E-state index < -0.39 is 0 Å². The van der Waals surface area contributed by atoms with E-state index in [1.807, 2.05) is 25.2 Å². The Labute approximate surface area is 123 Å². The zero-order valence-corrected chi connectivity index (χ0v) is 12.9. The Morgan fingerprint density at radius 3 is 2.56 bits per heavy atom. The molecular weight excluding hydrogens is 337 g/mol. The molecule has 0 saturated heterocycles. The van der Waals surface area contributed by atoms with Gasteiger partial charge in [-0.1, -0.05) is 23.7 Å². The van der Waals surface area contributed by atoms with E-state index >= 15 is 0 Å². The number of nitrogens with one attached hydrogen (secondary N) is 1. The van der Waals surface area contributed by atoms with Gasteiger partial charge in [0, 0.05) is 10.9 Å². The number of halogens is 3. The van der Waals surface area contributed by atoms with Crippen LogP contribution in [0.5, 0.6) is 0 Å². The maximum atomic E-state index is 12.8. The summed E-state index contributed by atoms with van der Waals surface area (Å²) in [5.74, 6) is -0.207. The molecule has 0 aliphatic heterocycles. The highest BCUT2D eigenvalue weighted by Crippen LogP contribution is 2.36. The summed E-state index contributed by atoms with van der Waals surface area (Å²) in [6.07, 6.45) is 0.806. The van der Waals surface area contributed by atoms with Gasteiger partial charge >= 0.3 is 0 Å². The van der Waals surface area contributed by atoms with Crippen molar-refractivity contribution < 1.29 is 4.39 Å². The van der Waals surface area contributed by atoms with Crippen molar-refractivity contribution in [2.24, 2.45) is 0 Å². The number of hydrogen-bond acceptors (Lipinski definition) is 2. The summed E-state index contributed by atoms with van der Waals surface area (Å²) in [5.41, 5.74) is 1.09. The van der Waals surface area contributed by atoms with Crippen molar-refractivity contribution in [1.82, 2.24) is 5.32 Å². The quantitative estimate of drug-likeness (QED) is 0.836. The first-order chi connectivity index (χ1) is 8.60. The van der Waals surface area contributed by atoms with E-state index in [-0.39, 0.29) is 11.9 Å². The Balaban J connectivity index is 2.16. The van der Waals surface area contributed by atoms with Gasteiger partial charge in [-0.3, -0.25) is 0 Å². The van der Waals surface area contributed by atoms with E-state index in [0.29, 0.717) is 0 Å². The SMILES string of the molecule is CNC(Cc1ccc(F)cc1)c1cc(Cl)c(Br)s1. The lowest BCUT2D eigenvalue weighted by Gasteiger charge is -2.14. The second-order valence-electron chi connectivity index (χ2n) is 3.94. The molecule has 1 N–H and O–H groups in total. The Morgan fingerprint density at radius 2 is 2.06 bits per heavy atom. The molecule has 0 saturated carbocycles. The molecule has 1 heterocycles. The normalized spacial score (nSPS) is 12.7. The fraction of sp³-hybridized carbons (Fsp3) is 0.231. The molecule has 1 nitrogen and oxygen atoms in total. The Bertz CT molecular complexity index is 507. The predicted octanol–water partition coefficient (Wildman–Crippen LogP) is 4.81. The van der Waals surface area contributed by atoms with Gasteiger partial charge in [0.2, 0.25) is 0 Å². The number of rotatable bonds is 4. The van der Waals surface area contributed by atoms with Crippen LogP contribution in [0, 0.1) is 5.82 Å². The lowest BCUT2D eigenvalue weighted by molar-refractivity contribution is 0.598. The summed E-state index contributed by atoms with van der Waals surface area (Å²) in [6.45, 7) is 0. The standard InChI is InChI=1S/C13H12BrClFNS/c1-17-11(12-7-10(15)13(14)18-12)6-8-2-4-9(16)5-3-8/h2-5,7,11,17H,6H2,1H3. The zero-order chi connectivity index (χ0) is 13.1. The molecule has 1 aromatic carbocycles. The molecular formula is C13H12BrClFNS. The first-order valence-corrected chi connectivity index (χ1v) is 7.45. The van der Waals surface area contributed by atoms with Crippen LogP contribution in [0.25, 0.3) is 0 Å². The van der Waals surface area contributed by atoms with Gasteiger partial charge in [-0.25, -0.2) is 4.39 Å². The smallest absolute Gasteiger partial charge is 0.123 e. The minimum atomic E-state index is -0.207. The van der Waals surface area contributed by atoms with Crippen molar-refractivity contribution in [1.29, 1.82) is 0 Å². The van der Waals surface area contributed by atoms with Crippen molar-refractivity contribution >= 4 is 38.9 Å². The van der Waals surface area contributed by atoms with E-state index in [4.69, 9.17) is 11.6 Å². The predicted molar refractivity (Wildman–Crippen MR) is 78.9 cm³/mol. The van der Waals surface area contributed by atoms with Crippen LogP contribution in [0.2, 0.25) is 5.02 Å². The third-order valence-corrected chi connectivity index (χ3v) is 5.30. The lowest BCUT2D eigenvalue weighted by Crippen LogP contribution is -2.17. The van der Waals surface area contributed by atoms with Gasteiger partial charge in [-0.15, -0.1) is 11.3 Å². The highest BCUT2D eigenvalue weighted by molar-refractivity contribution is 9.11. The summed E-state index contributed by atoms with van der Waals surface area (Å²) in [4.78, 5) is 1.17. The molecule has 5 heteroatoms. The van der Waals surface area contributed by atoms with E-state index in [9.17, 15) is 4.39 Å². The molecule has 1 aromatic heterocycles. The second kappa shape index (κ2) is 6.15. The van der Waals surface area contributed by atoms with Gasteiger partial charge in [0.15, 0.2) is 0 Å². The second-order valence-corrected chi connectivity index (χ2v) is 6.75. The van der Waals surface area contributed by atoms with E-state index in [0.717, 1.165) is 20.8 Å². The fourth-order valence-corrected chi connectivity index (χ4v) is 3.59. The molecule has 0 aliphatic rings. The van der Waals surface area contributed by atoms with Crippen molar-refractivity contribution in [3.63, 3.8) is 0 Å². The van der Waals surface area contributed by atoms with Crippen molar-refractivity contribution in [2.45, 2.75) is 12.5 Å². The minimum Gasteiger partial charge on any atom is -0.312 e. The van der Waals surface area contributed by atoms with E-state index in [1.165, 1.54) is 17.0 Å². The van der Waals surface area contributed by atoms with Gasteiger partial charge in [0.25, 0.3) is 0 Å². The zero-order valence-electron chi connectivity index (χ0n) is 9.71. The van der Waals surface area contributed by atoms with Crippen LogP contribution in [-0.4, -0.2) is 7.05 Å². The Morgan fingerprint density at radius 1 is 1.39 bits per heavy atom. The number of likely N-dealkylation sites (N-methyl/N-ethyl adjacent to an activating group) is 1. The number of thiophene rings is 1. The van der Waals surface area contributed by atoms with Crippen molar-refractivity contribution in [2.75, 3.05) is 7.05 Å². The molecule has 18 heavy (non-hydrogen) atoms. The van der Waals surface area contributed by atoms with Crippen LogP contribution >= 0.6 is 38.9 Å². The summed E-state index contributed by atoms with van der Waals surface area (Å²) < 4.78 is 13.8. The topological polar surface area (TPSA) is 12.0 Å². The molecule has 2 rings (SSSR count). The molecule has 0 aliphatic carbocycles. The van der Waals surface area contributed by atoms with E-state index in [2.05, 4.69) is 21.2 Å². The average Bonchev–Trinajstić information content (AvgIpc) is 2.69. The average molecular weight is 349 g/mol. The molecule has 2 aromatic rings. The number of hydrogen-bond donors (Lipinski definition) is 1. The van der Waals surface area contributed by atoms with Crippen LogP contribution in [-0.2, 0) is 6.42 Å². The van der Waals surface area contributed by atoms with Crippen molar-refractivity contribution in [3.05, 3.63) is 55.4 Å². The van der Waals surface area contributed by atoms with E-state index in [1.54, 1.807) is 11.3 Å². The molecule has 0 bridgehead atoms. The molecule has 0 radical (unpaired) electrons. The largest absolute Gasteiger partial charge is 0.312 e. The van der Waals surface area contributed by atoms with Crippen molar-refractivity contribution in [3.8, 4) is 0 Å². The van der Waals surface area contributed by atoms with Gasteiger partial charge in [0.1, 0.15) is 5.82 Å². The van der Waals surface area contributed by atoms with Crippen LogP contribution in [0.15, 0.2) is 34.1 Å². The highest BCUT2D eigenvalue weighted by Gasteiger charge is 2.14. The summed E-state index contributed by atoms with van der Waals surface area (Å²) in [7, 11) is 1.91. The van der Waals surface area contributed by atoms with Gasteiger partial charge < -0.3 is 5.32 Å². The van der Waals surface area contributed by atoms with Gasteiger partial charge in [-0.05, 0) is 53.2 Å². The lowest BCUT2D eigenvalue weighted by atomic mass is 10.0. The van der Waals surface area contributed by atoms with Crippen LogP contribution in [0.4, 0.5) is 4.39 Å². The van der Waals surface area contributed by atoms with Crippen LogP contribution < -0.4 is 5.32 Å². The molecule has 96 valence electrons. The monoisotopic (exact) mass is 347 g/mol. The molecule has 0 fully saturated rings. The molecule has 1 unspecified atom stereocenters. The summed E-state index contributed by atoms with van der Waals surface area (Å²) in [6, 6.07) is 8.73. The third kappa shape index (κ3) is 3.32. The number of benzene rings is 1. The first kappa shape index (κ1) is 14.0. The first-order valence-electron chi connectivity index (χ1n) is 5.46. The van der Waals surface area contributed by atoms with Crippen LogP contribution in [0.1, 0.15) is 16.5 Å².